The van der Waals surface area contributed by atoms with Gasteiger partial charge in [0.2, 0.25) is 0 Å². The molecule has 9 nitrogen and oxygen atoms in total. The number of carbonyl (C=O) groups is 2. The van der Waals surface area contributed by atoms with Gasteiger partial charge in [0.15, 0.2) is 0 Å². The molecule has 0 aromatic heterocycles. The van der Waals surface area contributed by atoms with Crippen molar-refractivity contribution in [1.29, 1.82) is 0 Å². The lowest BCUT2D eigenvalue weighted by Gasteiger charge is -2.19. The topological polar surface area (TPSA) is 130 Å². The average molecular weight is 322 g/mol. The van der Waals surface area contributed by atoms with E-state index in [4.69, 9.17) is 4.74 Å². The van der Waals surface area contributed by atoms with Crippen molar-refractivity contribution in [2.75, 3.05) is 6.61 Å². The molecule has 2 rings (SSSR count). The number of non-ortho nitro benzene ring substituents is 2. The van der Waals surface area contributed by atoms with E-state index in [2.05, 4.69) is 0 Å². The van der Waals surface area contributed by atoms with Gasteiger partial charge in [-0.15, -0.1) is 0 Å². The first-order chi connectivity index (χ1) is 10.9. The number of rotatable bonds is 5. The molecule has 1 aromatic rings. The van der Waals surface area contributed by atoms with Gasteiger partial charge in [-0.25, -0.2) is 4.79 Å². The average Bonchev–Trinajstić information content (AvgIpc) is 2.53. The summed E-state index contributed by atoms with van der Waals surface area (Å²) in [6.45, 7) is -0.117. The van der Waals surface area contributed by atoms with Crippen molar-refractivity contribution in [1.82, 2.24) is 0 Å². The van der Waals surface area contributed by atoms with Gasteiger partial charge in [-0.2, -0.15) is 0 Å². The molecule has 1 atom stereocenters. The SMILES string of the molecule is O=C(OC[C@@H]1CCCCC1=O)c1cc([N+](=O)[O-])cc([N+](=O)[O-])c1. The summed E-state index contributed by atoms with van der Waals surface area (Å²) >= 11 is 0. The van der Waals surface area contributed by atoms with Gasteiger partial charge in [0.05, 0.1) is 27.4 Å². The number of nitro benzene ring substituents is 2. The maximum Gasteiger partial charge on any atom is 0.338 e. The highest BCUT2D eigenvalue weighted by molar-refractivity contribution is 5.91. The van der Waals surface area contributed by atoms with Crippen LogP contribution in [0.4, 0.5) is 11.4 Å². The molecule has 122 valence electrons. The van der Waals surface area contributed by atoms with Gasteiger partial charge < -0.3 is 4.74 Å². The Balaban J connectivity index is 2.13. The molecular weight excluding hydrogens is 308 g/mol. The highest BCUT2D eigenvalue weighted by Gasteiger charge is 2.25. The van der Waals surface area contributed by atoms with Crippen LogP contribution >= 0.6 is 0 Å². The lowest BCUT2D eigenvalue weighted by Crippen LogP contribution is -2.25. The number of hydrogen-bond acceptors (Lipinski definition) is 7. The Bertz CT molecular complexity index is 639. The Kier molecular flexibility index (Phi) is 4.99. The van der Waals surface area contributed by atoms with Crippen LogP contribution in [0.15, 0.2) is 18.2 Å². The van der Waals surface area contributed by atoms with Crippen molar-refractivity contribution < 1.29 is 24.2 Å². The molecule has 1 fully saturated rings. The summed E-state index contributed by atoms with van der Waals surface area (Å²) in [6.07, 6.45) is 2.77. The summed E-state index contributed by atoms with van der Waals surface area (Å²) in [5.74, 6) is -1.27. The Labute approximate surface area is 130 Å². The number of esters is 1. The van der Waals surface area contributed by atoms with Gasteiger partial charge in [-0.05, 0) is 12.8 Å². The standard InChI is InChI=1S/C14H14N2O7/c17-13-4-2-1-3-9(13)8-23-14(18)10-5-11(15(19)20)7-12(6-10)16(21)22/h5-7,9H,1-4,8H2/t9-/m0/s1. The molecule has 0 amide bonds. The first-order valence-corrected chi connectivity index (χ1v) is 7.02. The Morgan fingerprint density at radius 3 is 2.26 bits per heavy atom. The molecule has 0 radical (unpaired) electrons. The zero-order chi connectivity index (χ0) is 17.0. The van der Waals surface area contributed by atoms with Crippen molar-refractivity contribution in [3.8, 4) is 0 Å². The predicted octanol–water partition coefficient (Wildman–Crippen LogP) is 2.42. The van der Waals surface area contributed by atoms with Crippen LogP contribution in [-0.4, -0.2) is 28.2 Å². The Morgan fingerprint density at radius 2 is 1.74 bits per heavy atom. The Morgan fingerprint density at radius 1 is 1.13 bits per heavy atom. The summed E-state index contributed by atoms with van der Waals surface area (Å²) in [6, 6.07) is 2.59. The number of benzene rings is 1. The molecule has 0 unspecified atom stereocenters. The highest BCUT2D eigenvalue weighted by atomic mass is 16.6. The Hall–Kier alpha value is -2.84. The van der Waals surface area contributed by atoms with Crippen LogP contribution in [0.25, 0.3) is 0 Å². The van der Waals surface area contributed by atoms with Crippen molar-refractivity contribution in [2.45, 2.75) is 25.7 Å². The molecule has 9 heteroatoms. The number of Topliss-reactive ketones (excluding diaryl/α,β-unsaturated/α-hetero) is 1. The van der Waals surface area contributed by atoms with Crippen LogP contribution in [-0.2, 0) is 9.53 Å². The molecule has 1 aliphatic carbocycles. The van der Waals surface area contributed by atoms with E-state index in [1.54, 1.807) is 0 Å². The monoisotopic (exact) mass is 322 g/mol. The van der Waals surface area contributed by atoms with Crippen molar-refractivity contribution in [3.63, 3.8) is 0 Å². The molecule has 1 aromatic carbocycles. The maximum atomic E-state index is 12.0. The van der Waals surface area contributed by atoms with Gasteiger partial charge >= 0.3 is 5.97 Å². The van der Waals surface area contributed by atoms with Crippen LogP contribution in [0.2, 0.25) is 0 Å². The minimum absolute atomic E-state index is 0.0223. The van der Waals surface area contributed by atoms with Crippen LogP contribution in [0.3, 0.4) is 0 Å². The van der Waals surface area contributed by atoms with E-state index in [0.717, 1.165) is 31.0 Å². The molecule has 23 heavy (non-hydrogen) atoms. The molecule has 0 saturated heterocycles. The molecule has 0 heterocycles. The van der Waals surface area contributed by atoms with E-state index in [9.17, 15) is 29.8 Å². The summed E-state index contributed by atoms with van der Waals surface area (Å²) in [7, 11) is 0. The van der Waals surface area contributed by atoms with Crippen molar-refractivity contribution >= 4 is 23.1 Å². The summed E-state index contributed by atoms with van der Waals surface area (Å²) < 4.78 is 5.00. The zero-order valence-electron chi connectivity index (χ0n) is 12.1. The molecule has 1 saturated carbocycles. The van der Waals surface area contributed by atoms with E-state index in [1.807, 2.05) is 0 Å². The molecule has 0 aliphatic heterocycles. The first kappa shape index (κ1) is 16.5. The third-order valence-electron chi connectivity index (χ3n) is 3.66. The molecule has 0 spiro atoms. The summed E-state index contributed by atoms with van der Waals surface area (Å²) in [4.78, 5) is 43.5. The van der Waals surface area contributed by atoms with Crippen LogP contribution < -0.4 is 0 Å². The smallest absolute Gasteiger partial charge is 0.338 e. The second-order valence-electron chi connectivity index (χ2n) is 5.26. The van der Waals surface area contributed by atoms with E-state index in [0.29, 0.717) is 12.8 Å². The third-order valence-corrected chi connectivity index (χ3v) is 3.66. The van der Waals surface area contributed by atoms with Gasteiger partial charge in [-0.1, -0.05) is 6.42 Å². The van der Waals surface area contributed by atoms with Crippen LogP contribution in [0.1, 0.15) is 36.0 Å². The van der Waals surface area contributed by atoms with Gasteiger partial charge in [-0.3, -0.25) is 25.0 Å². The summed E-state index contributed by atoms with van der Waals surface area (Å²) in [5.41, 5.74) is -1.42. The highest BCUT2D eigenvalue weighted by Crippen LogP contribution is 2.24. The van der Waals surface area contributed by atoms with E-state index in [1.165, 1.54) is 0 Å². The van der Waals surface area contributed by atoms with E-state index in [-0.39, 0.29) is 23.9 Å². The van der Waals surface area contributed by atoms with Gasteiger partial charge in [0, 0.05) is 18.6 Å². The molecular formula is C14H14N2O7. The molecule has 0 bridgehead atoms. The quantitative estimate of drug-likeness (QED) is 0.462. The van der Waals surface area contributed by atoms with E-state index >= 15 is 0 Å². The van der Waals surface area contributed by atoms with Crippen LogP contribution in [0, 0.1) is 26.1 Å². The fraction of sp³-hybridized carbons (Fsp3) is 0.429. The zero-order valence-corrected chi connectivity index (χ0v) is 12.1. The lowest BCUT2D eigenvalue weighted by atomic mass is 9.89. The number of hydrogen-bond donors (Lipinski definition) is 0. The number of ketones is 1. The summed E-state index contributed by atoms with van der Waals surface area (Å²) in [5, 5.41) is 21.6. The van der Waals surface area contributed by atoms with Crippen LogP contribution in [0.5, 0.6) is 0 Å². The second-order valence-corrected chi connectivity index (χ2v) is 5.26. The predicted molar refractivity (Wildman–Crippen MR) is 77.0 cm³/mol. The number of carbonyl (C=O) groups excluding carboxylic acids is 2. The molecule has 0 N–H and O–H groups in total. The first-order valence-electron chi connectivity index (χ1n) is 7.02. The fourth-order valence-corrected chi connectivity index (χ4v) is 2.41. The lowest BCUT2D eigenvalue weighted by molar-refractivity contribution is -0.394. The number of nitrogens with zero attached hydrogens (tertiary/aromatic N) is 2. The normalized spacial score (nSPS) is 17.6. The van der Waals surface area contributed by atoms with Gasteiger partial charge in [0.1, 0.15) is 12.4 Å². The van der Waals surface area contributed by atoms with Crippen molar-refractivity contribution in [2.24, 2.45) is 5.92 Å². The third kappa shape index (κ3) is 4.09. The van der Waals surface area contributed by atoms with Gasteiger partial charge in [0.25, 0.3) is 11.4 Å². The minimum atomic E-state index is -0.921. The number of ether oxygens (including phenoxy) is 1. The second kappa shape index (κ2) is 6.95. The van der Waals surface area contributed by atoms with Crippen molar-refractivity contribution in [3.05, 3.63) is 44.0 Å². The maximum absolute atomic E-state index is 12.0. The largest absolute Gasteiger partial charge is 0.461 e. The molecule has 1 aliphatic rings. The minimum Gasteiger partial charge on any atom is -0.461 e. The fourth-order valence-electron chi connectivity index (χ4n) is 2.41. The number of nitro groups is 2. The van der Waals surface area contributed by atoms with E-state index < -0.39 is 27.2 Å².